The van der Waals surface area contributed by atoms with E-state index < -0.39 is 0 Å². The van der Waals surface area contributed by atoms with Crippen molar-refractivity contribution in [3.63, 3.8) is 0 Å². The molecule has 70 valence electrons. The summed E-state index contributed by atoms with van der Waals surface area (Å²) in [5.74, 6) is 1.39. The van der Waals surface area contributed by atoms with Gasteiger partial charge in [0.1, 0.15) is 5.82 Å². The van der Waals surface area contributed by atoms with Gasteiger partial charge < -0.3 is 10.5 Å². The van der Waals surface area contributed by atoms with Gasteiger partial charge in [0.15, 0.2) is 0 Å². The van der Waals surface area contributed by atoms with Crippen LogP contribution in [0.15, 0.2) is 6.07 Å². The first-order valence-corrected chi connectivity index (χ1v) is 4.74. The summed E-state index contributed by atoms with van der Waals surface area (Å²) in [5.41, 5.74) is 5.97. The van der Waals surface area contributed by atoms with Crippen molar-refractivity contribution in [1.29, 1.82) is 0 Å². The highest BCUT2D eigenvalue weighted by atomic mass is 16.5. The summed E-state index contributed by atoms with van der Waals surface area (Å²) >= 11 is 0. The summed E-state index contributed by atoms with van der Waals surface area (Å²) in [7, 11) is 0. The maximum absolute atomic E-state index is 5.62. The van der Waals surface area contributed by atoms with E-state index in [1.54, 1.807) is 6.07 Å². The number of anilines is 1. The zero-order chi connectivity index (χ0) is 8.89. The minimum absolute atomic E-state index is 0.380. The second-order valence-electron chi connectivity index (χ2n) is 4.21. The number of nitrogens with two attached hydrogens (primary N) is 1. The molecule has 0 atom stereocenters. The van der Waals surface area contributed by atoms with Crippen LogP contribution < -0.4 is 10.5 Å². The predicted molar refractivity (Wildman–Crippen MR) is 48.4 cm³/mol. The van der Waals surface area contributed by atoms with Crippen LogP contribution in [-0.4, -0.2) is 16.4 Å². The topological polar surface area (TPSA) is 53.1 Å². The normalized spacial score (nSPS) is 23.4. The highest BCUT2D eigenvalue weighted by molar-refractivity contribution is 5.33. The van der Waals surface area contributed by atoms with Gasteiger partial charge in [0, 0.05) is 11.5 Å². The third-order valence-electron chi connectivity index (χ3n) is 3.19. The Kier molecular flexibility index (Phi) is 1.22. The minimum Gasteiger partial charge on any atom is -0.477 e. The average Bonchev–Trinajstić information content (AvgIpc) is 2.40. The number of aromatic nitrogens is 2. The summed E-state index contributed by atoms with van der Waals surface area (Å²) in [4.78, 5) is 0. The van der Waals surface area contributed by atoms with Crippen LogP contribution in [-0.2, 0) is 6.54 Å². The van der Waals surface area contributed by atoms with Crippen molar-refractivity contribution in [2.24, 2.45) is 5.41 Å². The Labute approximate surface area is 76.7 Å². The summed E-state index contributed by atoms with van der Waals surface area (Å²) in [6.45, 7) is 1.83. The van der Waals surface area contributed by atoms with Crippen molar-refractivity contribution in [2.45, 2.75) is 25.8 Å². The fraction of sp³-hybridized carbons (Fsp3) is 0.667. The van der Waals surface area contributed by atoms with E-state index in [1.807, 2.05) is 4.68 Å². The summed E-state index contributed by atoms with van der Waals surface area (Å²) in [6.07, 6.45) is 3.87. The number of nitrogens with zero attached hydrogens (tertiary/aromatic N) is 2. The van der Waals surface area contributed by atoms with Crippen LogP contribution in [0.1, 0.15) is 19.3 Å². The number of hydrogen-bond donors (Lipinski definition) is 1. The zero-order valence-corrected chi connectivity index (χ0v) is 7.49. The van der Waals surface area contributed by atoms with Gasteiger partial charge in [-0.2, -0.15) is 5.10 Å². The van der Waals surface area contributed by atoms with E-state index in [2.05, 4.69) is 5.10 Å². The second-order valence-corrected chi connectivity index (χ2v) is 4.21. The van der Waals surface area contributed by atoms with Crippen LogP contribution in [0.3, 0.4) is 0 Å². The largest absolute Gasteiger partial charge is 0.477 e. The maximum atomic E-state index is 5.62. The lowest BCUT2D eigenvalue weighted by Crippen LogP contribution is -2.43. The van der Waals surface area contributed by atoms with Crippen molar-refractivity contribution in [1.82, 2.24) is 9.78 Å². The summed E-state index contributed by atoms with van der Waals surface area (Å²) in [5, 5.41) is 4.20. The third kappa shape index (κ3) is 0.944. The number of nitrogen functional groups attached to an aromatic ring is 1. The van der Waals surface area contributed by atoms with Gasteiger partial charge in [0.25, 0.3) is 0 Å². The molecule has 2 aliphatic rings. The van der Waals surface area contributed by atoms with Crippen LogP contribution in [0.4, 0.5) is 5.82 Å². The van der Waals surface area contributed by atoms with Gasteiger partial charge in [0.05, 0.1) is 13.2 Å². The standard InChI is InChI=1S/C9H13N3O/c10-7-4-8-12(11-7)5-9(6-13-8)2-1-3-9/h4H,1-3,5-6H2,(H2,10,11). The van der Waals surface area contributed by atoms with E-state index in [-0.39, 0.29) is 0 Å². The van der Waals surface area contributed by atoms with Gasteiger partial charge in [-0.25, -0.2) is 4.68 Å². The maximum Gasteiger partial charge on any atom is 0.213 e. The fourth-order valence-corrected chi connectivity index (χ4v) is 2.22. The van der Waals surface area contributed by atoms with Gasteiger partial charge in [-0.05, 0) is 12.8 Å². The van der Waals surface area contributed by atoms with Gasteiger partial charge in [-0.1, -0.05) is 6.42 Å². The quantitative estimate of drug-likeness (QED) is 0.647. The smallest absolute Gasteiger partial charge is 0.213 e. The van der Waals surface area contributed by atoms with Crippen LogP contribution in [0.25, 0.3) is 0 Å². The molecule has 2 N–H and O–H groups in total. The lowest BCUT2D eigenvalue weighted by Gasteiger charge is -2.43. The van der Waals surface area contributed by atoms with Gasteiger partial charge >= 0.3 is 0 Å². The van der Waals surface area contributed by atoms with Crippen LogP contribution in [0.2, 0.25) is 0 Å². The number of hydrogen-bond acceptors (Lipinski definition) is 3. The monoisotopic (exact) mass is 179 g/mol. The fourth-order valence-electron chi connectivity index (χ4n) is 2.22. The second kappa shape index (κ2) is 2.19. The molecule has 1 aliphatic heterocycles. The molecule has 1 fully saturated rings. The molecule has 0 amide bonds. The SMILES string of the molecule is Nc1cc2n(n1)CC1(CCC1)CO2. The molecule has 1 saturated carbocycles. The van der Waals surface area contributed by atoms with Crippen LogP contribution >= 0.6 is 0 Å². The molecule has 0 aromatic carbocycles. The molecule has 1 aromatic heterocycles. The Morgan fingerprint density at radius 1 is 1.54 bits per heavy atom. The molecule has 1 aliphatic carbocycles. The van der Waals surface area contributed by atoms with Crippen molar-refractivity contribution < 1.29 is 4.74 Å². The molecule has 0 saturated heterocycles. The van der Waals surface area contributed by atoms with E-state index in [4.69, 9.17) is 10.5 Å². The number of rotatable bonds is 0. The first kappa shape index (κ1) is 7.24. The third-order valence-corrected chi connectivity index (χ3v) is 3.19. The molecule has 1 spiro atoms. The van der Waals surface area contributed by atoms with Crippen molar-refractivity contribution in [3.05, 3.63) is 6.07 Å². The molecule has 0 radical (unpaired) electrons. The molecule has 3 rings (SSSR count). The molecule has 2 heterocycles. The first-order chi connectivity index (χ1) is 6.27. The first-order valence-electron chi connectivity index (χ1n) is 4.74. The molecule has 1 aromatic rings. The molecule has 13 heavy (non-hydrogen) atoms. The van der Waals surface area contributed by atoms with Crippen LogP contribution in [0, 0.1) is 5.41 Å². The molecule has 0 unspecified atom stereocenters. The number of fused-ring (bicyclic) bond motifs is 1. The lowest BCUT2D eigenvalue weighted by molar-refractivity contribution is 0.00195. The van der Waals surface area contributed by atoms with E-state index in [9.17, 15) is 0 Å². The van der Waals surface area contributed by atoms with Gasteiger partial charge in [-0.3, -0.25) is 0 Å². The van der Waals surface area contributed by atoms with E-state index in [1.165, 1.54) is 19.3 Å². The summed E-state index contributed by atoms with van der Waals surface area (Å²) < 4.78 is 7.52. The van der Waals surface area contributed by atoms with Crippen molar-refractivity contribution in [2.75, 3.05) is 12.3 Å². The van der Waals surface area contributed by atoms with Gasteiger partial charge in [-0.15, -0.1) is 0 Å². The zero-order valence-electron chi connectivity index (χ0n) is 7.49. The molecular formula is C9H13N3O. The van der Waals surface area contributed by atoms with Gasteiger partial charge in [0.2, 0.25) is 5.88 Å². The molecular weight excluding hydrogens is 166 g/mol. The van der Waals surface area contributed by atoms with Crippen molar-refractivity contribution >= 4 is 5.82 Å². The highest BCUT2D eigenvalue weighted by Gasteiger charge is 2.41. The average molecular weight is 179 g/mol. The molecule has 0 bridgehead atoms. The highest BCUT2D eigenvalue weighted by Crippen LogP contribution is 2.45. The Morgan fingerprint density at radius 3 is 3.08 bits per heavy atom. The minimum atomic E-state index is 0.380. The number of ether oxygens (including phenoxy) is 1. The van der Waals surface area contributed by atoms with Crippen LogP contribution in [0.5, 0.6) is 5.88 Å². The lowest BCUT2D eigenvalue weighted by atomic mass is 9.69. The Balaban J connectivity index is 1.94. The predicted octanol–water partition coefficient (Wildman–Crippen LogP) is 1.03. The summed E-state index contributed by atoms with van der Waals surface area (Å²) in [6, 6.07) is 1.80. The molecule has 4 heteroatoms. The molecule has 4 nitrogen and oxygen atoms in total. The van der Waals surface area contributed by atoms with E-state index in [0.717, 1.165) is 19.0 Å². The Hall–Kier alpha value is -1.19. The Morgan fingerprint density at radius 2 is 2.38 bits per heavy atom. The van der Waals surface area contributed by atoms with E-state index >= 15 is 0 Å². The van der Waals surface area contributed by atoms with Crippen molar-refractivity contribution in [3.8, 4) is 5.88 Å². The Bertz CT molecular complexity index is 341. The van der Waals surface area contributed by atoms with E-state index in [0.29, 0.717) is 11.2 Å².